The van der Waals surface area contributed by atoms with Gasteiger partial charge in [-0.25, -0.2) is 4.39 Å². The van der Waals surface area contributed by atoms with E-state index in [0.29, 0.717) is 24.6 Å². The molecule has 0 saturated carbocycles. The molecular formula is C20H27ClFIN4. The third-order valence-electron chi connectivity index (χ3n) is 3.92. The molecule has 0 unspecified atom stereocenters. The lowest BCUT2D eigenvalue weighted by Gasteiger charge is -2.14. The standard InChI is InChI=1S/C20H26ClFN4.HI/c1-23-20(24-11-10-16-6-4-5-7-18(16)21)25-13-15-8-9-19(22)17(12-15)14-26(2)3;/h4-9,12H,10-11,13-14H2,1-3H3,(H2,23,24,25);1H. The Morgan fingerprint density at radius 3 is 2.52 bits per heavy atom. The molecule has 0 bridgehead atoms. The van der Waals surface area contributed by atoms with Gasteiger partial charge in [-0.2, -0.15) is 0 Å². The molecule has 2 aromatic carbocycles. The van der Waals surface area contributed by atoms with Crippen molar-refractivity contribution in [3.05, 3.63) is 70.0 Å². The van der Waals surface area contributed by atoms with E-state index in [2.05, 4.69) is 15.6 Å². The van der Waals surface area contributed by atoms with Gasteiger partial charge in [0.2, 0.25) is 0 Å². The highest BCUT2D eigenvalue weighted by Crippen LogP contribution is 2.15. The number of guanidine groups is 1. The zero-order valence-electron chi connectivity index (χ0n) is 15.9. The molecule has 0 saturated heterocycles. The molecule has 27 heavy (non-hydrogen) atoms. The van der Waals surface area contributed by atoms with Gasteiger partial charge in [0.1, 0.15) is 5.82 Å². The average molecular weight is 505 g/mol. The minimum absolute atomic E-state index is 0. The Morgan fingerprint density at radius 1 is 1.11 bits per heavy atom. The fourth-order valence-electron chi connectivity index (χ4n) is 2.62. The van der Waals surface area contributed by atoms with Gasteiger partial charge in [0.25, 0.3) is 0 Å². The zero-order valence-corrected chi connectivity index (χ0v) is 19.0. The number of nitrogens with one attached hydrogen (secondary N) is 2. The minimum Gasteiger partial charge on any atom is -0.356 e. The maximum Gasteiger partial charge on any atom is 0.191 e. The van der Waals surface area contributed by atoms with Crippen molar-refractivity contribution < 1.29 is 4.39 Å². The van der Waals surface area contributed by atoms with Crippen LogP contribution in [0.4, 0.5) is 4.39 Å². The molecule has 0 atom stereocenters. The molecule has 0 amide bonds. The van der Waals surface area contributed by atoms with E-state index >= 15 is 0 Å². The highest BCUT2D eigenvalue weighted by molar-refractivity contribution is 14.0. The maximum atomic E-state index is 13.9. The molecule has 0 heterocycles. The van der Waals surface area contributed by atoms with Crippen molar-refractivity contribution in [3.8, 4) is 0 Å². The van der Waals surface area contributed by atoms with Gasteiger partial charge in [-0.3, -0.25) is 4.99 Å². The maximum absolute atomic E-state index is 13.9. The topological polar surface area (TPSA) is 39.7 Å². The molecular weight excluding hydrogens is 478 g/mol. The quantitative estimate of drug-likeness (QED) is 0.339. The molecule has 2 aromatic rings. The van der Waals surface area contributed by atoms with E-state index in [-0.39, 0.29) is 29.8 Å². The van der Waals surface area contributed by atoms with Crippen LogP contribution in [-0.2, 0) is 19.5 Å². The third-order valence-corrected chi connectivity index (χ3v) is 4.29. The van der Waals surface area contributed by atoms with Gasteiger partial charge < -0.3 is 15.5 Å². The van der Waals surface area contributed by atoms with Crippen LogP contribution in [0.1, 0.15) is 16.7 Å². The number of aliphatic imine (C=N–C) groups is 1. The van der Waals surface area contributed by atoms with Gasteiger partial charge in [-0.05, 0) is 49.8 Å². The Kier molecular flexibility index (Phi) is 10.6. The first kappa shape index (κ1) is 23.7. The van der Waals surface area contributed by atoms with Crippen LogP contribution in [0.15, 0.2) is 47.5 Å². The first-order valence-electron chi connectivity index (χ1n) is 8.59. The Balaban J connectivity index is 0.00000364. The van der Waals surface area contributed by atoms with Crippen LogP contribution in [0.5, 0.6) is 0 Å². The summed E-state index contributed by atoms with van der Waals surface area (Å²) in [6.07, 6.45) is 0.809. The van der Waals surface area contributed by atoms with E-state index in [1.807, 2.05) is 49.3 Å². The van der Waals surface area contributed by atoms with E-state index in [1.54, 1.807) is 13.1 Å². The minimum atomic E-state index is -0.176. The molecule has 0 aliphatic heterocycles. The van der Waals surface area contributed by atoms with Crippen molar-refractivity contribution in [3.63, 3.8) is 0 Å². The van der Waals surface area contributed by atoms with E-state index < -0.39 is 0 Å². The van der Waals surface area contributed by atoms with Gasteiger partial charge in [0.05, 0.1) is 0 Å². The molecule has 0 radical (unpaired) electrons. The van der Waals surface area contributed by atoms with Gasteiger partial charge in [-0.1, -0.05) is 35.9 Å². The summed E-state index contributed by atoms with van der Waals surface area (Å²) in [5.41, 5.74) is 2.80. The summed E-state index contributed by atoms with van der Waals surface area (Å²) in [6.45, 7) is 1.87. The number of benzene rings is 2. The largest absolute Gasteiger partial charge is 0.356 e. The van der Waals surface area contributed by atoms with Gasteiger partial charge in [0, 0.05) is 37.3 Å². The first-order valence-corrected chi connectivity index (χ1v) is 8.97. The van der Waals surface area contributed by atoms with Crippen LogP contribution < -0.4 is 10.6 Å². The summed E-state index contributed by atoms with van der Waals surface area (Å²) in [5, 5.41) is 7.30. The first-order chi connectivity index (χ1) is 12.5. The fourth-order valence-corrected chi connectivity index (χ4v) is 2.85. The number of nitrogens with zero attached hydrogens (tertiary/aromatic N) is 2. The second-order valence-electron chi connectivity index (χ2n) is 6.36. The SMILES string of the molecule is CN=C(NCCc1ccccc1Cl)NCc1ccc(F)c(CN(C)C)c1.I. The van der Waals surface area contributed by atoms with Crippen molar-refractivity contribution >= 4 is 41.5 Å². The van der Waals surface area contributed by atoms with Crippen LogP contribution in [0.25, 0.3) is 0 Å². The van der Waals surface area contributed by atoms with Crippen molar-refractivity contribution in [2.75, 3.05) is 27.7 Å². The number of rotatable bonds is 7. The molecule has 0 aromatic heterocycles. The second-order valence-corrected chi connectivity index (χ2v) is 6.76. The lowest BCUT2D eigenvalue weighted by atomic mass is 10.1. The molecule has 0 aliphatic carbocycles. The van der Waals surface area contributed by atoms with Crippen molar-refractivity contribution in [1.29, 1.82) is 0 Å². The molecule has 0 spiro atoms. The van der Waals surface area contributed by atoms with Crippen LogP contribution in [-0.4, -0.2) is 38.5 Å². The van der Waals surface area contributed by atoms with E-state index in [4.69, 9.17) is 11.6 Å². The molecule has 0 aliphatic rings. The Bertz CT molecular complexity index is 753. The number of hydrogen-bond donors (Lipinski definition) is 2. The van der Waals surface area contributed by atoms with Gasteiger partial charge in [-0.15, -0.1) is 24.0 Å². The average Bonchev–Trinajstić information content (AvgIpc) is 2.61. The molecule has 7 heteroatoms. The summed E-state index contributed by atoms with van der Waals surface area (Å²) in [7, 11) is 5.58. The van der Waals surface area contributed by atoms with Crippen molar-refractivity contribution in [2.45, 2.75) is 19.5 Å². The lowest BCUT2D eigenvalue weighted by molar-refractivity contribution is 0.392. The van der Waals surface area contributed by atoms with Gasteiger partial charge >= 0.3 is 0 Å². The lowest BCUT2D eigenvalue weighted by Crippen LogP contribution is -2.37. The highest BCUT2D eigenvalue weighted by Gasteiger charge is 2.06. The molecule has 4 nitrogen and oxygen atoms in total. The molecule has 0 fully saturated rings. The molecule has 2 N–H and O–H groups in total. The summed E-state index contributed by atoms with van der Waals surface area (Å²) in [4.78, 5) is 6.17. The number of hydrogen-bond acceptors (Lipinski definition) is 2. The third kappa shape index (κ3) is 8.02. The smallest absolute Gasteiger partial charge is 0.191 e. The van der Waals surface area contributed by atoms with E-state index in [0.717, 1.165) is 29.1 Å². The van der Waals surface area contributed by atoms with Crippen LogP contribution in [0.3, 0.4) is 0 Å². The summed E-state index contributed by atoms with van der Waals surface area (Å²) in [5.74, 6) is 0.528. The second kappa shape index (κ2) is 12.2. The zero-order chi connectivity index (χ0) is 18.9. The van der Waals surface area contributed by atoms with Crippen molar-refractivity contribution in [1.82, 2.24) is 15.5 Å². The molecule has 148 valence electrons. The van der Waals surface area contributed by atoms with E-state index in [9.17, 15) is 4.39 Å². The Morgan fingerprint density at radius 2 is 1.85 bits per heavy atom. The van der Waals surface area contributed by atoms with Crippen LogP contribution in [0.2, 0.25) is 5.02 Å². The van der Waals surface area contributed by atoms with Crippen LogP contribution >= 0.6 is 35.6 Å². The summed E-state index contributed by atoms with van der Waals surface area (Å²) >= 11 is 6.17. The predicted molar refractivity (Wildman–Crippen MR) is 123 cm³/mol. The van der Waals surface area contributed by atoms with E-state index in [1.165, 1.54) is 6.07 Å². The fraction of sp³-hybridized carbons (Fsp3) is 0.350. The highest BCUT2D eigenvalue weighted by atomic mass is 127. The predicted octanol–water partition coefficient (Wildman–Crippen LogP) is 4.07. The van der Waals surface area contributed by atoms with Crippen LogP contribution in [0, 0.1) is 5.82 Å². The van der Waals surface area contributed by atoms with Gasteiger partial charge in [0.15, 0.2) is 5.96 Å². The normalized spacial score (nSPS) is 11.3. The molecule has 2 rings (SSSR count). The van der Waals surface area contributed by atoms with Crippen molar-refractivity contribution in [2.24, 2.45) is 4.99 Å². The number of halogens is 3. The summed E-state index contributed by atoms with van der Waals surface area (Å²) < 4.78 is 13.9. The Hall–Kier alpha value is -1.38. The monoisotopic (exact) mass is 504 g/mol. The Labute approximate surface area is 183 Å². The summed E-state index contributed by atoms with van der Waals surface area (Å²) in [6, 6.07) is 13.0.